The van der Waals surface area contributed by atoms with E-state index in [4.69, 9.17) is 4.74 Å². The molecule has 0 N–H and O–H groups in total. The number of hydrogen-bond acceptors (Lipinski definition) is 5. The third-order valence-corrected chi connectivity index (χ3v) is 5.63. The van der Waals surface area contributed by atoms with Crippen molar-refractivity contribution in [3.05, 3.63) is 58.4 Å². The second-order valence-electron chi connectivity index (χ2n) is 5.67. The predicted molar refractivity (Wildman–Crippen MR) is 105 cm³/mol. The predicted octanol–water partition coefficient (Wildman–Crippen LogP) is 3.65. The van der Waals surface area contributed by atoms with E-state index in [0.717, 1.165) is 20.7 Å². The molecule has 2 aromatic carbocycles. The lowest BCUT2D eigenvalue weighted by Gasteiger charge is -2.04. The summed E-state index contributed by atoms with van der Waals surface area (Å²) in [6.45, 7) is 2.01. The highest BCUT2D eigenvalue weighted by molar-refractivity contribution is 7.98. The Kier molecular flexibility index (Phi) is 5.58. The van der Waals surface area contributed by atoms with Crippen LogP contribution in [0.15, 0.2) is 52.4 Å². The molecule has 0 aliphatic carbocycles. The van der Waals surface area contributed by atoms with E-state index < -0.39 is 0 Å². The number of rotatable bonds is 4. The molecule has 1 heterocycles. The van der Waals surface area contributed by atoms with E-state index >= 15 is 0 Å². The molecule has 0 fully saturated rings. The van der Waals surface area contributed by atoms with Crippen molar-refractivity contribution in [3.8, 4) is 0 Å². The summed E-state index contributed by atoms with van der Waals surface area (Å²) < 4.78 is 7.48. The normalized spacial score (nSPS) is 11.7. The molecular weight excluding hydrogens is 368 g/mol. The lowest BCUT2D eigenvalue weighted by molar-refractivity contribution is -0.141. The van der Waals surface area contributed by atoms with Crippen LogP contribution in [0.2, 0.25) is 0 Å². The maximum atomic E-state index is 12.6. The van der Waals surface area contributed by atoms with Gasteiger partial charge in [-0.25, -0.2) is 0 Å². The van der Waals surface area contributed by atoms with E-state index in [-0.39, 0.29) is 18.4 Å². The van der Waals surface area contributed by atoms with Crippen molar-refractivity contribution in [1.82, 2.24) is 4.57 Å². The smallest absolute Gasteiger partial charge is 0.325 e. The van der Waals surface area contributed by atoms with Crippen LogP contribution in [-0.4, -0.2) is 29.8 Å². The lowest BCUT2D eigenvalue weighted by Crippen LogP contribution is -2.22. The van der Waals surface area contributed by atoms with Gasteiger partial charge in [0.05, 0.1) is 17.3 Å². The van der Waals surface area contributed by atoms with Crippen LogP contribution < -0.4 is 4.80 Å². The minimum atomic E-state index is -0.386. The molecular formula is C19H18N2O3S2. The second-order valence-corrected chi connectivity index (χ2v) is 7.56. The zero-order valence-electron chi connectivity index (χ0n) is 14.7. The number of nitrogens with zero attached hydrogens (tertiary/aromatic N) is 2. The van der Waals surface area contributed by atoms with Crippen molar-refractivity contribution in [2.75, 3.05) is 13.4 Å². The summed E-state index contributed by atoms with van der Waals surface area (Å²) in [6.07, 6.45) is 1.96. The van der Waals surface area contributed by atoms with Gasteiger partial charge in [-0.1, -0.05) is 23.5 Å². The largest absolute Gasteiger partial charge is 0.468 e. The van der Waals surface area contributed by atoms with Crippen LogP contribution in [0.1, 0.15) is 15.9 Å². The fraction of sp³-hybridized carbons (Fsp3) is 0.211. The summed E-state index contributed by atoms with van der Waals surface area (Å²) in [5.41, 5.74) is 2.49. The minimum absolute atomic E-state index is 0.0104. The van der Waals surface area contributed by atoms with Crippen LogP contribution in [0.25, 0.3) is 10.2 Å². The highest BCUT2D eigenvalue weighted by Crippen LogP contribution is 2.20. The molecule has 0 atom stereocenters. The van der Waals surface area contributed by atoms with Crippen LogP contribution in [-0.2, 0) is 16.1 Å². The molecule has 0 saturated carbocycles. The Labute approximate surface area is 159 Å². The van der Waals surface area contributed by atoms with E-state index in [1.165, 1.54) is 18.4 Å². The highest BCUT2D eigenvalue weighted by atomic mass is 32.2. The molecule has 3 aromatic rings. The molecule has 0 spiro atoms. The van der Waals surface area contributed by atoms with Gasteiger partial charge in [0.2, 0.25) is 0 Å². The van der Waals surface area contributed by atoms with Gasteiger partial charge in [0.1, 0.15) is 6.54 Å². The van der Waals surface area contributed by atoms with Crippen molar-refractivity contribution in [2.45, 2.75) is 18.4 Å². The van der Waals surface area contributed by atoms with Gasteiger partial charge in [0, 0.05) is 10.5 Å². The summed E-state index contributed by atoms with van der Waals surface area (Å²) >= 11 is 2.95. The number of esters is 1. The summed E-state index contributed by atoms with van der Waals surface area (Å²) in [5, 5.41) is 0. The molecule has 1 amide bonds. The molecule has 26 heavy (non-hydrogen) atoms. The molecule has 3 rings (SSSR count). The van der Waals surface area contributed by atoms with Gasteiger partial charge in [0.15, 0.2) is 4.80 Å². The van der Waals surface area contributed by atoms with Crippen LogP contribution in [0.3, 0.4) is 0 Å². The number of methoxy groups -OCH3 is 1. The SMILES string of the molecule is COC(=O)Cn1c(=NC(=O)c2cccc(SC)c2)sc2cc(C)ccc21. The molecule has 134 valence electrons. The van der Waals surface area contributed by atoms with Crippen molar-refractivity contribution in [2.24, 2.45) is 4.99 Å². The molecule has 0 bridgehead atoms. The quantitative estimate of drug-likeness (QED) is 0.507. The fourth-order valence-corrected chi connectivity index (χ4v) is 4.11. The van der Waals surface area contributed by atoms with Gasteiger partial charge >= 0.3 is 5.97 Å². The van der Waals surface area contributed by atoms with Gasteiger partial charge in [0.25, 0.3) is 5.91 Å². The number of aromatic nitrogens is 1. The van der Waals surface area contributed by atoms with Gasteiger partial charge in [-0.15, -0.1) is 11.8 Å². The van der Waals surface area contributed by atoms with Crippen LogP contribution in [0, 0.1) is 6.92 Å². The van der Waals surface area contributed by atoms with Crippen molar-refractivity contribution < 1.29 is 14.3 Å². The fourth-order valence-electron chi connectivity index (χ4n) is 2.52. The summed E-state index contributed by atoms with van der Waals surface area (Å²) in [7, 11) is 1.34. The first-order chi connectivity index (χ1) is 12.5. The number of thiazole rings is 1. The number of carbonyl (C=O) groups excluding carboxylic acids is 2. The molecule has 0 aliphatic heterocycles. The topological polar surface area (TPSA) is 60.7 Å². The maximum absolute atomic E-state index is 12.6. The number of aryl methyl sites for hydroxylation is 1. The lowest BCUT2D eigenvalue weighted by atomic mass is 10.2. The van der Waals surface area contributed by atoms with Crippen molar-refractivity contribution >= 4 is 45.2 Å². The van der Waals surface area contributed by atoms with Crippen LogP contribution in [0.5, 0.6) is 0 Å². The molecule has 7 heteroatoms. The number of amides is 1. The number of thioether (sulfide) groups is 1. The maximum Gasteiger partial charge on any atom is 0.325 e. The van der Waals surface area contributed by atoms with E-state index in [0.29, 0.717) is 10.4 Å². The van der Waals surface area contributed by atoms with E-state index in [2.05, 4.69) is 4.99 Å². The van der Waals surface area contributed by atoms with Gasteiger partial charge < -0.3 is 9.30 Å². The Hall–Kier alpha value is -2.38. The molecule has 0 radical (unpaired) electrons. The Morgan fingerprint density at radius 1 is 1.23 bits per heavy atom. The second kappa shape index (κ2) is 7.88. The van der Waals surface area contributed by atoms with Gasteiger partial charge in [-0.05, 0) is 49.1 Å². The molecule has 1 aromatic heterocycles. The van der Waals surface area contributed by atoms with Crippen molar-refractivity contribution in [3.63, 3.8) is 0 Å². The molecule has 0 saturated heterocycles. The Morgan fingerprint density at radius 3 is 2.77 bits per heavy atom. The first-order valence-electron chi connectivity index (χ1n) is 7.91. The number of carbonyl (C=O) groups is 2. The zero-order valence-corrected chi connectivity index (χ0v) is 16.3. The number of ether oxygens (including phenoxy) is 1. The summed E-state index contributed by atoms with van der Waals surface area (Å²) in [4.78, 5) is 30.2. The number of fused-ring (bicyclic) bond motifs is 1. The summed E-state index contributed by atoms with van der Waals surface area (Å²) in [6, 6.07) is 13.3. The Balaban J connectivity index is 2.12. The molecule has 0 unspecified atom stereocenters. The first-order valence-corrected chi connectivity index (χ1v) is 9.96. The first kappa shape index (κ1) is 18.4. The highest BCUT2D eigenvalue weighted by Gasteiger charge is 2.13. The standard InChI is InChI=1S/C19H18N2O3S2/c1-12-7-8-15-16(9-12)26-19(21(15)11-17(22)24-2)20-18(23)13-5-4-6-14(10-13)25-3/h4-10H,11H2,1-3H3. The Morgan fingerprint density at radius 2 is 2.04 bits per heavy atom. The third kappa shape index (κ3) is 3.89. The van der Waals surface area contributed by atoms with E-state index in [9.17, 15) is 9.59 Å². The monoisotopic (exact) mass is 386 g/mol. The van der Waals surface area contributed by atoms with Gasteiger partial charge in [-0.3, -0.25) is 9.59 Å². The number of benzene rings is 2. The minimum Gasteiger partial charge on any atom is -0.468 e. The Bertz CT molecular complexity index is 1050. The molecule has 5 nitrogen and oxygen atoms in total. The van der Waals surface area contributed by atoms with Crippen LogP contribution in [0.4, 0.5) is 0 Å². The zero-order chi connectivity index (χ0) is 18.7. The van der Waals surface area contributed by atoms with Gasteiger partial charge in [-0.2, -0.15) is 4.99 Å². The summed E-state index contributed by atoms with van der Waals surface area (Å²) in [5.74, 6) is -0.716. The molecule has 0 aliphatic rings. The third-order valence-electron chi connectivity index (χ3n) is 3.87. The number of hydrogen-bond donors (Lipinski definition) is 0. The van der Waals surface area contributed by atoms with E-state index in [1.807, 2.05) is 49.6 Å². The van der Waals surface area contributed by atoms with Crippen LogP contribution >= 0.6 is 23.1 Å². The van der Waals surface area contributed by atoms with E-state index in [1.54, 1.807) is 22.4 Å². The van der Waals surface area contributed by atoms with Crippen molar-refractivity contribution in [1.29, 1.82) is 0 Å². The average molecular weight is 386 g/mol. The average Bonchev–Trinajstić information content (AvgIpc) is 2.97.